The van der Waals surface area contributed by atoms with Gasteiger partial charge in [0.2, 0.25) is 0 Å². The third kappa shape index (κ3) is 4.61. The number of carbonyl (C=O) groups is 1. The van der Waals surface area contributed by atoms with E-state index in [1.807, 2.05) is 6.07 Å². The molecule has 1 aliphatic heterocycles. The van der Waals surface area contributed by atoms with Crippen molar-refractivity contribution in [2.45, 2.75) is 24.3 Å². The minimum atomic E-state index is -3.97. The van der Waals surface area contributed by atoms with Crippen molar-refractivity contribution in [3.63, 3.8) is 0 Å². The molecule has 0 bridgehead atoms. The number of halogens is 1. The molecule has 0 spiro atoms. The highest BCUT2D eigenvalue weighted by molar-refractivity contribution is 9.10. The second kappa shape index (κ2) is 9.34. The smallest absolute Gasteiger partial charge is 0.276 e. The summed E-state index contributed by atoms with van der Waals surface area (Å²) in [6.45, 7) is 2.30. The number of methoxy groups -OCH3 is 1. The van der Waals surface area contributed by atoms with E-state index in [4.69, 9.17) is 4.74 Å². The number of rotatable bonds is 7. The number of nitrogens with one attached hydrogen (secondary N) is 1. The molecular formula is C20H24BrN3O5S. The quantitative estimate of drug-likeness (QED) is 0.450. The zero-order valence-corrected chi connectivity index (χ0v) is 19.2. The minimum absolute atomic E-state index is 0.0562. The molecule has 162 valence electrons. The van der Waals surface area contributed by atoms with Crippen molar-refractivity contribution in [2.75, 3.05) is 31.6 Å². The first-order chi connectivity index (χ1) is 14.3. The van der Waals surface area contributed by atoms with Crippen LogP contribution in [0.5, 0.6) is 5.75 Å². The van der Waals surface area contributed by atoms with Gasteiger partial charge in [-0.1, -0.05) is 15.9 Å². The summed E-state index contributed by atoms with van der Waals surface area (Å²) in [6, 6.07) is 9.34. The fourth-order valence-electron chi connectivity index (χ4n) is 3.59. The Bertz CT molecular complexity index is 1020. The predicted molar refractivity (Wildman–Crippen MR) is 116 cm³/mol. The number of sulfonamides is 1. The summed E-state index contributed by atoms with van der Waals surface area (Å²) in [6.07, 6.45) is 2.15. The number of amides is 1. The molecular weight excluding hydrogens is 474 g/mol. The number of hydrogen-bond acceptors (Lipinski definition) is 6. The second-order valence-corrected chi connectivity index (χ2v) is 9.92. The van der Waals surface area contributed by atoms with Crippen LogP contribution in [0.2, 0.25) is 0 Å². The van der Waals surface area contributed by atoms with Crippen LogP contribution in [0.1, 0.15) is 28.8 Å². The molecule has 1 amide bonds. The maximum Gasteiger partial charge on any atom is 0.276 e. The van der Waals surface area contributed by atoms with Crippen molar-refractivity contribution < 1.29 is 23.2 Å². The van der Waals surface area contributed by atoms with Gasteiger partial charge in [-0.25, -0.2) is 13.9 Å². The van der Waals surface area contributed by atoms with Gasteiger partial charge in [0.1, 0.15) is 5.75 Å². The van der Waals surface area contributed by atoms with Crippen LogP contribution in [-0.4, -0.2) is 51.7 Å². The van der Waals surface area contributed by atoms with Crippen molar-refractivity contribution >= 4 is 37.5 Å². The molecule has 30 heavy (non-hydrogen) atoms. The van der Waals surface area contributed by atoms with Gasteiger partial charge in [0.25, 0.3) is 15.9 Å². The Morgan fingerprint density at radius 1 is 1.23 bits per heavy atom. The van der Waals surface area contributed by atoms with E-state index in [0.29, 0.717) is 22.3 Å². The van der Waals surface area contributed by atoms with Gasteiger partial charge in [0.15, 0.2) is 0 Å². The Hall–Kier alpha value is -2.14. The van der Waals surface area contributed by atoms with Crippen LogP contribution in [0.25, 0.3) is 0 Å². The van der Waals surface area contributed by atoms with Gasteiger partial charge in [-0.2, -0.15) is 0 Å². The summed E-state index contributed by atoms with van der Waals surface area (Å²) in [7, 11) is -1.06. The third-order valence-corrected chi connectivity index (χ3v) is 7.35. The lowest BCUT2D eigenvalue weighted by Crippen LogP contribution is -2.32. The van der Waals surface area contributed by atoms with Gasteiger partial charge in [0.05, 0.1) is 23.3 Å². The van der Waals surface area contributed by atoms with Crippen LogP contribution in [0.3, 0.4) is 0 Å². The number of hydroxylamine groups is 1. The largest absolute Gasteiger partial charge is 0.497 e. The molecule has 2 aromatic carbocycles. The summed E-state index contributed by atoms with van der Waals surface area (Å²) in [5.74, 6) is -0.249. The first-order valence-electron chi connectivity index (χ1n) is 9.40. The Balaban J connectivity index is 2.11. The number of benzene rings is 2. The number of carbonyl (C=O) groups excluding carboxylic acids is 1. The zero-order valence-electron chi connectivity index (χ0n) is 16.8. The highest BCUT2D eigenvalue weighted by Gasteiger charge is 2.29. The van der Waals surface area contributed by atoms with Crippen molar-refractivity contribution in [1.82, 2.24) is 10.4 Å². The lowest BCUT2D eigenvalue weighted by molar-refractivity contribution is 0.0707. The fourth-order valence-corrected chi connectivity index (χ4v) is 5.35. The Morgan fingerprint density at radius 3 is 2.43 bits per heavy atom. The average molecular weight is 498 g/mol. The molecule has 0 atom stereocenters. The number of hydrogen-bond donors (Lipinski definition) is 2. The third-order valence-electron chi connectivity index (χ3n) is 5.13. The SMILES string of the molecule is COc1ccc(S(=O)(=O)N(C)c2c(CN3CCCC3)cc(Br)cc2C(=O)NO)cc1. The summed E-state index contributed by atoms with van der Waals surface area (Å²) in [4.78, 5) is 14.7. The van der Waals surface area contributed by atoms with Gasteiger partial charge in [-0.05, 0) is 67.9 Å². The molecule has 1 saturated heterocycles. The highest BCUT2D eigenvalue weighted by Crippen LogP contribution is 2.34. The van der Waals surface area contributed by atoms with E-state index in [1.165, 1.54) is 32.4 Å². The molecule has 1 aliphatic rings. The molecule has 8 nitrogen and oxygen atoms in total. The fraction of sp³-hybridized carbons (Fsp3) is 0.350. The molecule has 2 N–H and O–H groups in total. The van der Waals surface area contributed by atoms with Crippen molar-refractivity contribution in [1.29, 1.82) is 0 Å². The van der Waals surface area contributed by atoms with Crippen LogP contribution in [0.15, 0.2) is 45.8 Å². The maximum atomic E-state index is 13.3. The Kier molecular flexibility index (Phi) is 7.02. The Labute approximate surface area is 184 Å². The summed E-state index contributed by atoms with van der Waals surface area (Å²) in [5.41, 5.74) is 2.58. The van der Waals surface area contributed by atoms with Gasteiger partial charge >= 0.3 is 0 Å². The topological polar surface area (TPSA) is 99.2 Å². The van der Waals surface area contributed by atoms with E-state index >= 15 is 0 Å². The van der Waals surface area contributed by atoms with Gasteiger partial charge in [0, 0.05) is 18.1 Å². The number of anilines is 1. The molecule has 0 aromatic heterocycles. The van der Waals surface area contributed by atoms with E-state index in [0.717, 1.165) is 30.2 Å². The highest BCUT2D eigenvalue weighted by atomic mass is 79.9. The average Bonchev–Trinajstić information content (AvgIpc) is 3.25. The monoisotopic (exact) mass is 497 g/mol. The summed E-state index contributed by atoms with van der Waals surface area (Å²) >= 11 is 3.39. The van der Waals surface area contributed by atoms with E-state index in [9.17, 15) is 18.4 Å². The molecule has 1 fully saturated rings. The normalized spacial score (nSPS) is 14.5. The second-order valence-electron chi connectivity index (χ2n) is 7.03. The van der Waals surface area contributed by atoms with E-state index < -0.39 is 15.9 Å². The molecule has 1 heterocycles. The Morgan fingerprint density at radius 2 is 1.87 bits per heavy atom. The van der Waals surface area contributed by atoms with Gasteiger partial charge in [-0.3, -0.25) is 19.2 Å². The summed E-state index contributed by atoms with van der Waals surface area (Å²) in [5, 5.41) is 9.23. The van der Waals surface area contributed by atoms with Crippen LogP contribution >= 0.6 is 15.9 Å². The molecule has 3 rings (SSSR count). The van der Waals surface area contributed by atoms with Crippen molar-refractivity contribution in [3.05, 3.63) is 52.0 Å². The zero-order chi connectivity index (χ0) is 21.9. The first kappa shape index (κ1) is 22.5. The molecule has 0 saturated carbocycles. The van der Waals surface area contributed by atoms with Crippen LogP contribution in [0, 0.1) is 0 Å². The number of ether oxygens (including phenoxy) is 1. The summed E-state index contributed by atoms with van der Waals surface area (Å²) < 4.78 is 33.5. The van der Waals surface area contributed by atoms with E-state index in [-0.39, 0.29) is 16.1 Å². The minimum Gasteiger partial charge on any atom is -0.497 e. The predicted octanol–water partition coefficient (Wildman–Crippen LogP) is 3.00. The molecule has 0 radical (unpaired) electrons. The number of likely N-dealkylation sites (tertiary alicyclic amines) is 1. The van der Waals surface area contributed by atoms with Crippen molar-refractivity contribution in [2.24, 2.45) is 0 Å². The number of nitrogens with zero attached hydrogens (tertiary/aromatic N) is 2. The van der Waals surface area contributed by atoms with E-state index in [1.54, 1.807) is 17.6 Å². The van der Waals surface area contributed by atoms with Gasteiger partial charge in [-0.15, -0.1) is 0 Å². The van der Waals surface area contributed by atoms with Crippen LogP contribution in [0.4, 0.5) is 5.69 Å². The van der Waals surface area contributed by atoms with Gasteiger partial charge < -0.3 is 4.74 Å². The molecule has 0 aliphatic carbocycles. The standard InChI is InChI=1S/C20H24BrN3O5S/c1-23(30(27,28)17-7-5-16(29-2)6-8-17)19-14(13-24-9-3-4-10-24)11-15(21)12-18(19)20(25)22-26/h5-8,11-12,26H,3-4,9-10,13H2,1-2H3,(H,22,25). The molecule has 2 aromatic rings. The lowest BCUT2D eigenvalue weighted by Gasteiger charge is -2.27. The van der Waals surface area contributed by atoms with Crippen LogP contribution < -0.4 is 14.5 Å². The first-order valence-corrected chi connectivity index (χ1v) is 11.6. The van der Waals surface area contributed by atoms with Crippen LogP contribution in [-0.2, 0) is 16.6 Å². The maximum absolute atomic E-state index is 13.3. The van der Waals surface area contributed by atoms with E-state index in [2.05, 4.69) is 20.8 Å². The lowest BCUT2D eigenvalue weighted by atomic mass is 10.1. The van der Waals surface area contributed by atoms with Crippen molar-refractivity contribution in [3.8, 4) is 5.75 Å². The molecule has 0 unspecified atom stereocenters. The molecule has 10 heteroatoms.